The molecule has 0 unspecified atom stereocenters. The van der Waals surface area contributed by atoms with E-state index in [4.69, 9.17) is 5.26 Å². The molecule has 1 aromatic heterocycles. The van der Waals surface area contributed by atoms with E-state index in [0.29, 0.717) is 11.0 Å². The predicted molar refractivity (Wildman–Crippen MR) is 47.5 cm³/mol. The lowest BCUT2D eigenvalue weighted by atomic mass is 10.3. The smallest absolute Gasteiger partial charge is 0.255 e. The summed E-state index contributed by atoms with van der Waals surface area (Å²) in [6, 6.07) is 8.56. The van der Waals surface area contributed by atoms with Gasteiger partial charge in [0, 0.05) is 0 Å². The van der Waals surface area contributed by atoms with E-state index >= 15 is 0 Å². The number of carbonyl (C=O) groups is 1. The maximum Gasteiger partial charge on any atom is 0.343 e. The zero-order valence-corrected chi connectivity index (χ0v) is 7.01. The zero-order chi connectivity index (χ0) is 9.97. The number of hydrogen-bond donors (Lipinski definition) is 1. The van der Waals surface area contributed by atoms with Crippen molar-refractivity contribution in [3.05, 3.63) is 24.3 Å². The Balaban J connectivity index is 2.37. The topological polar surface area (TPSA) is 83.6 Å². The Morgan fingerprint density at radius 2 is 1.93 bits per heavy atom. The molecule has 0 fully saturated rings. The second-order valence-corrected chi connectivity index (χ2v) is 2.53. The molecule has 0 aliphatic heterocycles. The van der Waals surface area contributed by atoms with Crippen LogP contribution in [0.3, 0.4) is 0 Å². The van der Waals surface area contributed by atoms with E-state index in [1.807, 2.05) is 12.1 Å². The van der Waals surface area contributed by atoms with Crippen molar-refractivity contribution in [1.82, 2.24) is 15.1 Å². The lowest BCUT2D eigenvalue weighted by molar-refractivity contribution is -0.112. The summed E-state index contributed by atoms with van der Waals surface area (Å²) in [5.41, 5.74) is 3.49. The molecule has 0 bridgehead atoms. The fraction of sp³-hybridized carbons (Fsp3) is 0. The third-order valence-electron chi connectivity index (χ3n) is 1.59. The summed E-state index contributed by atoms with van der Waals surface area (Å²) in [6.07, 6.45) is 0. The largest absolute Gasteiger partial charge is 0.343 e. The number of nitriles is 1. The molecule has 0 radical (unpaired) electrons. The molecule has 2 rings (SSSR count). The van der Waals surface area contributed by atoms with Crippen LogP contribution in [0.25, 0.3) is 11.0 Å². The van der Waals surface area contributed by atoms with Gasteiger partial charge in [-0.15, -0.1) is 10.2 Å². The maximum absolute atomic E-state index is 10.7. The highest BCUT2D eigenvalue weighted by molar-refractivity contribution is 5.97. The van der Waals surface area contributed by atoms with E-state index in [1.165, 1.54) is 6.07 Å². The highest BCUT2D eigenvalue weighted by Gasteiger charge is 2.03. The number of nitrogens with zero attached hydrogens (tertiary/aromatic N) is 4. The first-order valence-electron chi connectivity index (χ1n) is 3.83. The number of carbonyl (C=O) groups excluding carboxylic acids is 1. The van der Waals surface area contributed by atoms with E-state index in [-0.39, 0.29) is 0 Å². The van der Waals surface area contributed by atoms with Crippen molar-refractivity contribution in [2.75, 3.05) is 5.43 Å². The van der Waals surface area contributed by atoms with E-state index in [1.54, 1.807) is 12.1 Å². The summed E-state index contributed by atoms with van der Waals surface area (Å²) >= 11 is 0. The molecule has 6 nitrogen and oxygen atoms in total. The number of aromatic nitrogens is 3. The summed E-state index contributed by atoms with van der Waals surface area (Å²) in [5.74, 6) is -0.801. The summed E-state index contributed by atoms with van der Waals surface area (Å²) in [5, 5.41) is 16.1. The molecule has 68 valence electrons. The van der Waals surface area contributed by atoms with Crippen LogP contribution in [0, 0.1) is 11.3 Å². The SMILES string of the molecule is N#CC(=O)Nn1nc2ccccc2n1. The Labute approximate surface area is 78.7 Å². The average Bonchev–Trinajstić information content (AvgIpc) is 2.59. The van der Waals surface area contributed by atoms with E-state index < -0.39 is 5.91 Å². The molecule has 0 aliphatic rings. The van der Waals surface area contributed by atoms with Crippen molar-refractivity contribution in [1.29, 1.82) is 5.26 Å². The van der Waals surface area contributed by atoms with Gasteiger partial charge < -0.3 is 0 Å². The molecule has 2 aromatic rings. The van der Waals surface area contributed by atoms with Gasteiger partial charge in [-0.2, -0.15) is 5.26 Å². The minimum Gasteiger partial charge on any atom is -0.255 e. The maximum atomic E-state index is 10.7. The van der Waals surface area contributed by atoms with Gasteiger partial charge >= 0.3 is 5.91 Å². The Hall–Kier alpha value is -2.42. The first kappa shape index (κ1) is 8.19. The second-order valence-electron chi connectivity index (χ2n) is 2.53. The van der Waals surface area contributed by atoms with Crippen LogP contribution in [0.5, 0.6) is 0 Å². The molecule has 1 amide bonds. The van der Waals surface area contributed by atoms with Crippen molar-refractivity contribution in [2.24, 2.45) is 0 Å². The second kappa shape index (κ2) is 3.14. The standard InChI is InChI=1S/C8H5N5O/c9-5-8(14)12-13-10-6-3-1-2-4-7(6)11-13/h1-4H,(H,12,14). The minimum absolute atomic E-state index is 0.658. The van der Waals surface area contributed by atoms with Gasteiger partial charge in [0.1, 0.15) is 11.0 Å². The minimum atomic E-state index is -0.801. The van der Waals surface area contributed by atoms with Crippen molar-refractivity contribution in [2.45, 2.75) is 0 Å². The molecule has 0 saturated heterocycles. The lowest BCUT2D eigenvalue weighted by Crippen LogP contribution is -2.23. The Morgan fingerprint density at radius 1 is 1.36 bits per heavy atom. The van der Waals surface area contributed by atoms with Gasteiger partial charge in [-0.3, -0.25) is 4.79 Å². The van der Waals surface area contributed by atoms with Gasteiger partial charge in [0.2, 0.25) is 0 Å². The summed E-state index contributed by atoms with van der Waals surface area (Å²) < 4.78 is 0. The fourth-order valence-electron chi connectivity index (χ4n) is 1.03. The van der Waals surface area contributed by atoms with Crippen LogP contribution in [0.1, 0.15) is 0 Å². The number of benzene rings is 1. The first-order chi connectivity index (χ1) is 6.79. The van der Waals surface area contributed by atoms with Gasteiger partial charge in [-0.25, -0.2) is 5.43 Å². The Morgan fingerprint density at radius 3 is 2.43 bits per heavy atom. The van der Waals surface area contributed by atoms with Crippen LogP contribution in [0.2, 0.25) is 0 Å². The molecule has 0 saturated carbocycles. The molecular weight excluding hydrogens is 182 g/mol. The molecule has 6 heteroatoms. The average molecular weight is 187 g/mol. The van der Waals surface area contributed by atoms with Crippen LogP contribution in [0.15, 0.2) is 24.3 Å². The Kier molecular flexibility index (Phi) is 1.84. The van der Waals surface area contributed by atoms with Crippen molar-refractivity contribution >= 4 is 16.9 Å². The quantitative estimate of drug-likeness (QED) is 0.638. The molecule has 0 atom stereocenters. The highest BCUT2D eigenvalue weighted by Crippen LogP contribution is 2.05. The number of amides is 1. The van der Waals surface area contributed by atoms with Crippen molar-refractivity contribution in [3.8, 4) is 6.07 Å². The third-order valence-corrected chi connectivity index (χ3v) is 1.59. The highest BCUT2D eigenvalue weighted by atomic mass is 16.2. The molecule has 1 heterocycles. The third kappa shape index (κ3) is 1.38. The van der Waals surface area contributed by atoms with Crippen LogP contribution in [-0.2, 0) is 4.79 Å². The summed E-state index contributed by atoms with van der Waals surface area (Å²) in [6.45, 7) is 0. The molecular formula is C8H5N5O. The molecule has 1 aromatic carbocycles. The first-order valence-corrected chi connectivity index (χ1v) is 3.83. The number of rotatable bonds is 1. The normalized spacial score (nSPS) is 9.64. The zero-order valence-electron chi connectivity index (χ0n) is 7.01. The van der Waals surface area contributed by atoms with Crippen LogP contribution < -0.4 is 5.43 Å². The number of fused-ring (bicyclic) bond motifs is 1. The molecule has 14 heavy (non-hydrogen) atoms. The Bertz CT molecular complexity index is 491. The van der Waals surface area contributed by atoms with Gasteiger partial charge in [0.25, 0.3) is 0 Å². The van der Waals surface area contributed by atoms with E-state index in [9.17, 15) is 4.79 Å². The summed E-state index contributed by atoms with van der Waals surface area (Å²) in [4.78, 5) is 11.7. The monoisotopic (exact) mass is 187 g/mol. The van der Waals surface area contributed by atoms with Crippen LogP contribution in [0.4, 0.5) is 0 Å². The van der Waals surface area contributed by atoms with Crippen molar-refractivity contribution < 1.29 is 4.79 Å². The van der Waals surface area contributed by atoms with Gasteiger partial charge in [-0.1, -0.05) is 17.0 Å². The van der Waals surface area contributed by atoms with Crippen molar-refractivity contribution in [3.63, 3.8) is 0 Å². The van der Waals surface area contributed by atoms with Gasteiger partial charge in [0.05, 0.1) is 0 Å². The van der Waals surface area contributed by atoms with Gasteiger partial charge in [0.15, 0.2) is 6.07 Å². The fourth-order valence-corrected chi connectivity index (χ4v) is 1.03. The molecule has 1 N–H and O–H groups in total. The number of hydrogen-bond acceptors (Lipinski definition) is 4. The van der Waals surface area contributed by atoms with Gasteiger partial charge in [-0.05, 0) is 12.1 Å². The van der Waals surface area contributed by atoms with E-state index in [2.05, 4.69) is 15.6 Å². The van der Waals surface area contributed by atoms with E-state index in [0.717, 1.165) is 4.91 Å². The molecule has 0 aliphatic carbocycles. The lowest BCUT2D eigenvalue weighted by Gasteiger charge is -1.93. The molecule has 0 spiro atoms. The van der Waals surface area contributed by atoms with Crippen LogP contribution >= 0.6 is 0 Å². The van der Waals surface area contributed by atoms with Crippen LogP contribution in [-0.4, -0.2) is 21.0 Å². The predicted octanol–water partition coefficient (Wildman–Crippen LogP) is 0.0250. The number of nitrogens with one attached hydrogen (secondary N) is 1. The summed E-state index contributed by atoms with van der Waals surface area (Å²) in [7, 11) is 0.